The van der Waals surface area contributed by atoms with Crippen LogP contribution in [-0.4, -0.2) is 31.4 Å². The maximum Gasteiger partial charge on any atom is 0.116 e. The van der Waals surface area contributed by atoms with E-state index in [0.717, 1.165) is 17.6 Å². The molecule has 0 saturated heterocycles. The number of nitrogens with zero attached hydrogens (tertiary/aromatic N) is 1. The Kier molecular flexibility index (Phi) is 7.28. The Balaban J connectivity index is 0. The second kappa shape index (κ2) is 5.81. The van der Waals surface area contributed by atoms with Crippen LogP contribution < -0.4 is 12.4 Å². The van der Waals surface area contributed by atoms with Gasteiger partial charge >= 0.3 is 0 Å². The molecule has 3 heteroatoms. The largest absolute Gasteiger partial charge is 1.00 e. The molecule has 0 bridgehead atoms. The molecule has 0 radical (unpaired) electrons. The van der Waals surface area contributed by atoms with Crippen molar-refractivity contribution in [2.24, 2.45) is 0 Å². The predicted octanol–water partition coefficient (Wildman–Crippen LogP) is -1.18. The minimum atomic E-state index is 0. The van der Waals surface area contributed by atoms with Gasteiger partial charge in [-0.3, -0.25) is 0 Å². The monoisotopic (exact) mass is 181 g/mol. The van der Waals surface area contributed by atoms with Crippen molar-refractivity contribution in [3.63, 3.8) is 0 Å². The summed E-state index contributed by atoms with van der Waals surface area (Å²) in [5, 5.41) is 0. The topological polar surface area (TPSA) is 9.23 Å². The highest BCUT2D eigenvalue weighted by atomic mass is 35.5. The normalized spacial score (nSPS) is 18.3. The van der Waals surface area contributed by atoms with Crippen LogP contribution in [0.1, 0.15) is 27.2 Å². The van der Waals surface area contributed by atoms with E-state index in [4.69, 9.17) is 4.84 Å². The molecule has 0 fully saturated rings. The van der Waals surface area contributed by atoms with Crippen LogP contribution in [0.4, 0.5) is 0 Å². The lowest BCUT2D eigenvalue weighted by Gasteiger charge is -2.34. The van der Waals surface area contributed by atoms with Gasteiger partial charge in [-0.15, -0.1) is 0 Å². The fraction of sp³-hybridized carbons (Fsp3) is 1.00. The van der Waals surface area contributed by atoms with Crippen LogP contribution in [0.5, 0.6) is 0 Å². The first-order valence-corrected chi connectivity index (χ1v) is 4.01. The Morgan fingerprint density at radius 1 is 1.36 bits per heavy atom. The van der Waals surface area contributed by atoms with Crippen molar-refractivity contribution in [2.75, 3.05) is 20.7 Å². The summed E-state index contributed by atoms with van der Waals surface area (Å²) in [5.74, 6) is 0. The van der Waals surface area contributed by atoms with Crippen LogP contribution in [0, 0.1) is 0 Å². The third kappa shape index (κ3) is 3.41. The van der Waals surface area contributed by atoms with Crippen molar-refractivity contribution < 1.29 is 21.9 Å². The molecule has 2 unspecified atom stereocenters. The molecule has 0 rings (SSSR count). The van der Waals surface area contributed by atoms with E-state index in [2.05, 4.69) is 27.8 Å². The zero-order valence-electron chi connectivity index (χ0n) is 8.22. The lowest BCUT2D eigenvalue weighted by atomic mass is 10.2. The smallest absolute Gasteiger partial charge is 0.116 e. The first-order chi connectivity index (χ1) is 4.60. The summed E-state index contributed by atoms with van der Waals surface area (Å²) in [6.45, 7) is 7.59. The van der Waals surface area contributed by atoms with Gasteiger partial charge in [-0.05, 0) is 20.3 Å². The van der Waals surface area contributed by atoms with Gasteiger partial charge in [-0.2, -0.15) is 4.65 Å². The predicted molar refractivity (Wildman–Crippen MR) is 43.5 cm³/mol. The molecule has 2 nitrogen and oxygen atoms in total. The molecule has 0 aliphatic rings. The Hall–Kier alpha value is 0.210. The van der Waals surface area contributed by atoms with Crippen LogP contribution >= 0.6 is 0 Å². The maximum atomic E-state index is 5.38. The van der Waals surface area contributed by atoms with Crippen molar-refractivity contribution in [3.05, 3.63) is 0 Å². The van der Waals surface area contributed by atoms with Crippen molar-refractivity contribution in [1.29, 1.82) is 0 Å². The lowest BCUT2D eigenvalue weighted by Crippen LogP contribution is -3.00. The Labute approximate surface area is 76.5 Å². The Morgan fingerprint density at radius 3 is 1.91 bits per heavy atom. The van der Waals surface area contributed by atoms with Gasteiger partial charge in [0, 0.05) is 0 Å². The van der Waals surface area contributed by atoms with Gasteiger partial charge in [0.05, 0.1) is 14.2 Å². The first-order valence-electron chi connectivity index (χ1n) is 4.01. The number of quaternary nitrogens is 1. The molecule has 70 valence electrons. The summed E-state index contributed by atoms with van der Waals surface area (Å²) in [6.07, 6.45) is 1.16. The third-order valence-corrected chi connectivity index (χ3v) is 2.57. The Morgan fingerprint density at radius 2 is 1.82 bits per heavy atom. The van der Waals surface area contributed by atoms with E-state index >= 15 is 0 Å². The van der Waals surface area contributed by atoms with Crippen molar-refractivity contribution in [1.82, 2.24) is 0 Å². The van der Waals surface area contributed by atoms with Gasteiger partial charge < -0.3 is 12.4 Å². The quantitative estimate of drug-likeness (QED) is 0.392. The molecule has 11 heavy (non-hydrogen) atoms. The van der Waals surface area contributed by atoms with E-state index in [1.165, 1.54) is 0 Å². The van der Waals surface area contributed by atoms with E-state index in [9.17, 15) is 0 Å². The minimum Gasteiger partial charge on any atom is -1.00 e. The Bertz CT molecular complexity index is 94.1. The lowest BCUT2D eigenvalue weighted by molar-refractivity contribution is -1.10. The fourth-order valence-electron chi connectivity index (χ4n) is 1.01. The summed E-state index contributed by atoms with van der Waals surface area (Å²) >= 11 is 0. The highest BCUT2D eigenvalue weighted by molar-refractivity contribution is 4.42. The molecule has 0 aromatic heterocycles. The third-order valence-electron chi connectivity index (χ3n) is 2.57. The molecule has 0 spiro atoms. The molecule has 0 N–H and O–H groups in total. The van der Waals surface area contributed by atoms with Gasteiger partial charge in [0.25, 0.3) is 0 Å². The second-order valence-electron chi connectivity index (χ2n) is 2.93. The first kappa shape index (κ1) is 13.8. The molecule has 0 aliphatic heterocycles. The summed E-state index contributed by atoms with van der Waals surface area (Å²) < 4.78 is 0.719. The number of hydrogen-bond acceptors (Lipinski definition) is 1. The average Bonchev–Trinajstić information content (AvgIpc) is 2.01. The van der Waals surface area contributed by atoms with Crippen LogP contribution in [0.3, 0.4) is 0 Å². The van der Waals surface area contributed by atoms with Gasteiger partial charge in [0.1, 0.15) is 12.6 Å². The zero-order valence-corrected chi connectivity index (χ0v) is 8.98. The van der Waals surface area contributed by atoms with Crippen LogP contribution in [0.25, 0.3) is 0 Å². The summed E-state index contributed by atoms with van der Waals surface area (Å²) in [4.78, 5) is 5.38. The van der Waals surface area contributed by atoms with Crippen molar-refractivity contribution >= 4 is 0 Å². The van der Waals surface area contributed by atoms with E-state index in [-0.39, 0.29) is 12.4 Å². The van der Waals surface area contributed by atoms with E-state index in [1.54, 1.807) is 7.11 Å². The van der Waals surface area contributed by atoms with E-state index in [1.807, 2.05) is 0 Å². The summed E-state index contributed by atoms with van der Waals surface area (Å²) in [7, 11) is 3.89. The van der Waals surface area contributed by atoms with Crippen LogP contribution in [0.2, 0.25) is 0 Å². The van der Waals surface area contributed by atoms with Crippen LogP contribution in [0.15, 0.2) is 0 Å². The molecule has 0 saturated carbocycles. The second-order valence-corrected chi connectivity index (χ2v) is 2.93. The molecular formula is C8H20ClNO. The minimum absolute atomic E-state index is 0. The van der Waals surface area contributed by atoms with E-state index in [0.29, 0.717) is 6.04 Å². The SMILES string of the molecule is CCC(C)[N+](C)(CC)OC.[Cl-]. The van der Waals surface area contributed by atoms with Gasteiger partial charge in [0.15, 0.2) is 0 Å². The molecule has 0 aromatic carbocycles. The van der Waals surface area contributed by atoms with Gasteiger partial charge in [-0.25, -0.2) is 4.84 Å². The number of hydroxylamine groups is 3. The van der Waals surface area contributed by atoms with E-state index < -0.39 is 0 Å². The molecule has 2 atom stereocenters. The molecule has 0 aliphatic carbocycles. The summed E-state index contributed by atoms with van der Waals surface area (Å²) in [5.41, 5.74) is 0. The standard InChI is InChI=1S/C8H20NO.ClH/c1-6-8(3)9(4,7-2)10-5;/h8H,6-7H2,1-5H3;1H/q+1;/p-1. The van der Waals surface area contributed by atoms with Crippen LogP contribution in [-0.2, 0) is 4.84 Å². The molecule has 0 aromatic rings. The number of hydrogen-bond donors (Lipinski definition) is 0. The summed E-state index contributed by atoms with van der Waals surface area (Å²) in [6, 6.07) is 0.593. The van der Waals surface area contributed by atoms with Crippen molar-refractivity contribution in [2.45, 2.75) is 33.2 Å². The van der Waals surface area contributed by atoms with Gasteiger partial charge in [0.2, 0.25) is 0 Å². The van der Waals surface area contributed by atoms with Gasteiger partial charge in [-0.1, -0.05) is 6.92 Å². The highest BCUT2D eigenvalue weighted by Gasteiger charge is 2.25. The molecule has 0 heterocycles. The zero-order chi connectivity index (χ0) is 8.20. The molecular weight excluding hydrogens is 162 g/mol. The maximum absolute atomic E-state index is 5.38. The number of rotatable bonds is 4. The van der Waals surface area contributed by atoms with Crippen molar-refractivity contribution in [3.8, 4) is 0 Å². The fourth-order valence-corrected chi connectivity index (χ4v) is 1.01. The number of halogens is 1. The molecule has 0 amide bonds. The average molecular weight is 182 g/mol. The highest BCUT2D eigenvalue weighted by Crippen LogP contribution is 2.12.